The summed E-state index contributed by atoms with van der Waals surface area (Å²) in [6, 6.07) is 8.32. The molecule has 0 bridgehead atoms. The number of rotatable bonds is 6. The second-order valence-corrected chi connectivity index (χ2v) is 7.42. The second-order valence-electron chi connectivity index (χ2n) is 6.36. The standard InChI is InChI=1S/C17H23N5OS/c1-12-19-16(21-20-12)24-9-8-18-15(23)17(22(2)3)10-13-6-4-5-7-14(13)11-17/h4-7H,8-11H2,1-3H3,(H,18,23)(H,19,20,21). The Morgan fingerprint density at radius 2 is 2.00 bits per heavy atom. The number of aryl methyl sites for hydroxylation is 1. The van der Waals surface area contributed by atoms with Crippen LogP contribution in [0.5, 0.6) is 0 Å². The smallest absolute Gasteiger partial charge is 0.241 e. The molecule has 7 heteroatoms. The quantitative estimate of drug-likeness (QED) is 0.612. The molecule has 0 saturated carbocycles. The summed E-state index contributed by atoms with van der Waals surface area (Å²) in [4.78, 5) is 19.2. The van der Waals surface area contributed by atoms with E-state index in [1.165, 1.54) is 22.9 Å². The minimum Gasteiger partial charge on any atom is -0.354 e. The maximum atomic E-state index is 12.9. The van der Waals surface area contributed by atoms with Gasteiger partial charge in [-0.3, -0.25) is 14.8 Å². The summed E-state index contributed by atoms with van der Waals surface area (Å²) >= 11 is 1.54. The lowest BCUT2D eigenvalue weighted by molar-refractivity contribution is -0.131. The van der Waals surface area contributed by atoms with Crippen molar-refractivity contribution in [2.75, 3.05) is 26.4 Å². The Labute approximate surface area is 146 Å². The van der Waals surface area contributed by atoms with Gasteiger partial charge in [-0.05, 0) is 32.1 Å². The molecule has 1 heterocycles. The zero-order chi connectivity index (χ0) is 17.2. The van der Waals surface area contributed by atoms with Crippen LogP contribution in [-0.2, 0) is 17.6 Å². The first kappa shape index (κ1) is 17.0. The molecule has 1 amide bonds. The lowest BCUT2D eigenvalue weighted by atomic mass is 9.93. The summed E-state index contributed by atoms with van der Waals surface area (Å²) < 4.78 is 0. The molecule has 128 valence electrons. The predicted molar refractivity (Wildman–Crippen MR) is 95.1 cm³/mol. The van der Waals surface area contributed by atoms with E-state index >= 15 is 0 Å². The first-order chi connectivity index (χ1) is 11.5. The fraction of sp³-hybridized carbons (Fsp3) is 0.471. The topological polar surface area (TPSA) is 73.9 Å². The minimum atomic E-state index is -0.491. The minimum absolute atomic E-state index is 0.0930. The maximum Gasteiger partial charge on any atom is 0.241 e. The number of hydrogen-bond acceptors (Lipinski definition) is 5. The van der Waals surface area contributed by atoms with Gasteiger partial charge in [-0.1, -0.05) is 36.0 Å². The number of amides is 1. The van der Waals surface area contributed by atoms with E-state index in [9.17, 15) is 4.79 Å². The number of aromatic amines is 1. The lowest BCUT2D eigenvalue weighted by Gasteiger charge is -2.34. The summed E-state index contributed by atoms with van der Waals surface area (Å²) in [5.41, 5.74) is 2.05. The van der Waals surface area contributed by atoms with Crippen molar-refractivity contribution in [3.8, 4) is 0 Å². The van der Waals surface area contributed by atoms with E-state index in [4.69, 9.17) is 0 Å². The molecular formula is C17H23N5OS. The molecule has 0 fully saturated rings. The van der Waals surface area contributed by atoms with Crippen molar-refractivity contribution in [1.82, 2.24) is 25.4 Å². The number of fused-ring (bicyclic) bond motifs is 1. The van der Waals surface area contributed by atoms with E-state index in [1.54, 1.807) is 0 Å². The molecular weight excluding hydrogens is 322 g/mol. The fourth-order valence-corrected chi connectivity index (χ4v) is 3.83. The van der Waals surface area contributed by atoms with Gasteiger partial charge in [0.2, 0.25) is 11.1 Å². The van der Waals surface area contributed by atoms with Crippen molar-refractivity contribution in [3.63, 3.8) is 0 Å². The highest BCUT2D eigenvalue weighted by atomic mass is 32.2. The van der Waals surface area contributed by atoms with Crippen molar-refractivity contribution in [2.45, 2.75) is 30.5 Å². The number of nitrogens with zero attached hydrogens (tertiary/aromatic N) is 3. The molecule has 0 atom stereocenters. The third kappa shape index (κ3) is 3.32. The molecule has 1 aliphatic carbocycles. The SMILES string of the molecule is Cc1nc(SCCNC(=O)C2(N(C)C)Cc3ccccc3C2)n[nH]1. The van der Waals surface area contributed by atoms with Crippen molar-refractivity contribution >= 4 is 17.7 Å². The molecule has 24 heavy (non-hydrogen) atoms. The average Bonchev–Trinajstić information content (AvgIpc) is 3.15. The highest BCUT2D eigenvalue weighted by Gasteiger charge is 2.45. The molecule has 0 aliphatic heterocycles. The van der Waals surface area contributed by atoms with Gasteiger partial charge in [0, 0.05) is 25.1 Å². The van der Waals surface area contributed by atoms with Crippen LogP contribution >= 0.6 is 11.8 Å². The van der Waals surface area contributed by atoms with Crippen molar-refractivity contribution < 1.29 is 4.79 Å². The summed E-state index contributed by atoms with van der Waals surface area (Å²) in [6.45, 7) is 2.47. The molecule has 0 unspecified atom stereocenters. The van der Waals surface area contributed by atoms with Crippen LogP contribution in [0.2, 0.25) is 0 Å². The Kier molecular flexibility index (Phi) is 4.91. The van der Waals surface area contributed by atoms with Gasteiger partial charge < -0.3 is 5.32 Å². The van der Waals surface area contributed by atoms with Crippen LogP contribution in [0.4, 0.5) is 0 Å². The van der Waals surface area contributed by atoms with Crippen LogP contribution in [0.25, 0.3) is 0 Å². The van der Waals surface area contributed by atoms with Crippen LogP contribution in [0, 0.1) is 6.92 Å². The molecule has 2 aromatic rings. The van der Waals surface area contributed by atoms with Gasteiger partial charge in [-0.2, -0.15) is 0 Å². The number of carbonyl (C=O) groups excluding carboxylic acids is 1. The molecule has 0 spiro atoms. The second kappa shape index (κ2) is 6.94. The number of likely N-dealkylation sites (N-methyl/N-ethyl adjacent to an activating group) is 1. The number of hydrogen-bond donors (Lipinski definition) is 2. The Morgan fingerprint density at radius 3 is 2.54 bits per heavy atom. The molecule has 3 rings (SSSR count). The van der Waals surface area contributed by atoms with E-state index in [0.717, 1.165) is 29.6 Å². The van der Waals surface area contributed by atoms with Crippen LogP contribution in [0.3, 0.4) is 0 Å². The Bertz CT molecular complexity index is 702. The largest absolute Gasteiger partial charge is 0.354 e. The van der Waals surface area contributed by atoms with Gasteiger partial charge in [0.05, 0.1) is 0 Å². The zero-order valence-corrected chi connectivity index (χ0v) is 15.1. The van der Waals surface area contributed by atoms with Crippen molar-refractivity contribution in [3.05, 3.63) is 41.2 Å². The third-order valence-corrected chi connectivity index (χ3v) is 5.41. The van der Waals surface area contributed by atoms with E-state index in [0.29, 0.717) is 6.54 Å². The highest BCUT2D eigenvalue weighted by molar-refractivity contribution is 7.99. The average molecular weight is 345 g/mol. The monoisotopic (exact) mass is 345 g/mol. The number of benzene rings is 1. The summed E-state index contributed by atoms with van der Waals surface area (Å²) in [5, 5.41) is 10.7. The fourth-order valence-electron chi connectivity index (χ4n) is 3.13. The zero-order valence-electron chi connectivity index (χ0n) is 14.3. The number of nitrogens with one attached hydrogen (secondary N) is 2. The van der Waals surface area contributed by atoms with E-state index in [2.05, 4.69) is 32.6 Å². The molecule has 0 saturated heterocycles. The predicted octanol–water partition coefficient (Wildman–Crippen LogP) is 1.42. The normalized spacial score (nSPS) is 15.5. The Morgan fingerprint density at radius 1 is 1.33 bits per heavy atom. The first-order valence-electron chi connectivity index (χ1n) is 8.05. The summed E-state index contributed by atoms with van der Waals surface area (Å²) in [7, 11) is 3.97. The molecule has 0 radical (unpaired) electrons. The van der Waals surface area contributed by atoms with Gasteiger partial charge in [-0.15, -0.1) is 5.10 Å². The van der Waals surface area contributed by atoms with Gasteiger partial charge in [0.1, 0.15) is 11.4 Å². The van der Waals surface area contributed by atoms with Gasteiger partial charge in [0.25, 0.3) is 0 Å². The van der Waals surface area contributed by atoms with Crippen LogP contribution in [-0.4, -0.2) is 57.9 Å². The summed E-state index contributed by atoms with van der Waals surface area (Å²) in [5.74, 6) is 1.65. The van der Waals surface area contributed by atoms with E-state index in [1.807, 2.05) is 38.1 Å². The van der Waals surface area contributed by atoms with Crippen LogP contribution in [0.15, 0.2) is 29.4 Å². The van der Waals surface area contributed by atoms with Crippen molar-refractivity contribution in [2.24, 2.45) is 0 Å². The molecule has 1 aliphatic rings. The molecule has 2 N–H and O–H groups in total. The van der Waals surface area contributed by atoms with Gasteiger partial charge in [0.15, 0.2) is 0 Å². The molecule has 1 aromatic heterocycles. The summed E-state index contributed by atoms with van der Waals surface area (Å²) in [6.07, 6.45) is 1.52. The van der Waals surface area contributed by atoms with Crippen LogP contribution < -0.4 is 5.32 Å². The number of carbonyl (C=O) groups is 1. The first-order valence-corrected chi connectivity index (χ1v) is 9.04. The lowest BCUT2D eigenvalue weighted by Crippen LogP contribution is -2.57. The molecule has 1 aromatic carbocycles. The van der Waals surface area contributed by atoms with Crippen LogP contribution in [0.1, 0.15) is 17.0 Å². The van der Waals surface area contributed by atoms with E-state index < -0.39 is 5.54 Å². The number of thioether (sulfide) groups is 1. The third-order valence-electron chi connectivity index (χ3n) is 4.56. The Balaban J connectivity index is 1.58. The molecule has 6 nitrogen and oxygen atoms in total. The number of H-pyrrole nitrogens is 1. The van der Waals surface area contributed by atoms with Gasteiger partial charge in [-0.25, -0.2) is 4.98 Å². The number of aromatic nitrogens is 3. The Hall–Kier alpha value is -1.86. The maximum absolute atomic E-state index is 12.9. The van der Waals surface area contributed by atoms with E-state index in [-0.39, 0.29) is 5.91 Å². The van der Waals surface area contributed by atoms with Crippen molar-refractivity contribution in [1.29, 1.82) is 0 Å². The highest BCUT2D eigenvalue weighted by Crippen LogP contribution is 2.33. The van der Waals surface area contributed by atoms with Gasteiger partial charge >= 0.3 is 0 Å².